The average Bonchev–Trinajstić information content (AvgIpc) is 3.42. The first-order valence-corrected chi connectivity index (χ1v) is 9.72. The van der Waals surface area contributed by atoms with Crippen molar-refractivity contribution in [2.45, 2.75) is 0 Å². The van der Waals surface area contributed by atoms with E-state index >= 15 is 0 Å². The van der Waals surface area contributed by atoms with Gasteiger partial charge in [-0.05, 0) is 23.8 Å². The lowest BCUT2D eigenvalue weighted by Crippen LogP contribution is -2.16. The first-order chi connectivity index (χ1) is 15.6. The number of rotatable bonds is 3. The van der Waals surface area contributed by atoms with E-state index in [-0.39, 0.29) is 11.4 Å². The summed E-state index contributed by atoms with van der Waals surface area (Å²) in [7, 11) is 0. The van der Waals surface area contributed by atoms with E-state index in [9.17, 15) is 4.79 Å². The van der Waals surface area contributed by atoms with Gasteiger partial charge in [0.25, 0.3) is 5.91 Å². The zero-order valence-electron chi connectivity index (χ0n) is 16.5. The Hall–Kier alpha value is -4.86. The van der Waals surface area contributed by atoms with Crippen molar-refractivity contribution in [2.75, 3.05) is 5.73 Å². The molecule has 0 fully saturated rings. The highest BCUT2D eigenvalue weighted by molar-refractivity contribution is 6.07. The molecule has 5 N–H and O–H groups in total. The number of imidazole rings is 2. The first-order valence-electron chi connectivity index (χ1n) is 9.72. The number of carbonyl (C=O) groups excluding carboxylic acids is 1. The molecule has 0 saturated heterocycles. The molecular formula is C22H15N9O. The monoisotopic (exact) mass is 421 g/mol. The van der Waals surface area contributed by atoms with Crippen LogP contribution < -0.4 is 11.5 Å². The van der Waals surface area contributed by atoms with E-state index in [0.29, 0.717) is 16.7 Å². The smallest absolute Gasteiger partial charge is 0.271 e. The number of anilines is 1. The molecule has 0 spiro atoms. The van der Waals surface area contributed by atoms with Crippen LogP contribution in [-0.2, 0) is 0 Å². The summed E-state index contributed by atoms with van der Waals surface area (Å²) in [6.07, 6.45) is 5.27. The van der Waals surface area contributed by atoms with E-state index in [1.54, 1.807) is 18.6 Å². The summed E-state index contributed by atoms with van der Waals surface area (Å²) >= 11 is 0. The predicted molar refractivity (Wildman–Crippen MR) is 120 cm³/mol. The van der Waals surface area contributed by atoms with Gasteiger partial charge in [0.1, 0.15) is 23.2 Å². The summed E-state index contributed by atoms with van der Waals surface area (Å²) in [5, 5.41) is 8.78. The molecule has 4 heterocycles. The number of aromatic nitrogens is 7. The number of nitrogens with one attached hydrogen (secondary N) is 1. The number of nitrogen functional groups attached to an aromatic ring is 1. The second-order valence-electron chi connectivity index (χ2n) is 7.32. The van der Waals surface area contributed by atoms with Gasteiger partial charge >= 0.3 is 0 Å². The number of aromatic amines is 1. The van der Waals surface area contributed by atoms with Crippen molar-refractivity contribution in [3.63, 3.8) is 0 Å². The molecule has 0 unspecified atom stereocenters. The number of nitrogens with zero attached hydrogens (tertiary/aromatic N) is 6. The Morgan fingerprint density at radius 2 is 1.97 bits per heavy atom. The van der Waals surface area contributed by atoms with Crippen molar-refractivity contribution >= 4 is 39.2 Å². The van der Waals surface area contributed by atoms with Crippen LogP contribution in [0.15, 0.2) is 61.2 Å². The van der Waals surface area contributed by atoms with Gasteiger partial charge in [-0.25, -0.2) is 15.0 Å². The number of nitrogens with two attached hydrogens (primary N) is 2. The molecule has 0 atom stereocenters. The molecule has 4 aromatic heterocycles. The van der Waals surface area contributed by atoms with Gasteiger partial charge in [-0.3, -0.25) is 9.20 Å². The van der Waals surface area contributed by atoms with Crippen molar-refractivity contribution in [3.05, 3.63) is 66.9 Å². The van der Waals surface area contributed by atoms with Crippen molar-refractivity contribution < 1.29 is 4.79 Å². The normalized spacial score (nSPS) is 11.5. The van der Waals surface area contributed by atoms with Gasteiger partial charge < -0.3 is 16.5 Å². The second kappa shape index (κ2) is 6.57. The number of benzene rings is 2. The van der Waals surface area contributed by atoms with Crippen LogP contribution >= 0.6 is 0 Å². The molecular weight excluding hydrogens is 406 g/mol. The molecule has 2 aromatic carbocycles. The summed E-state index contributed by atoms with van der Waals surface area (Å²) in [6.45, 7) is 0. The van der Waals surface area contributed by atoms with E-state index in [4.69, 9.17) is 11.5 Å². The van der Waals surface area contributed by atoms with Gasteiger partial charge in [0.05, 0.1) is 16.7 Å². The van der Waals surface area contributed by atoms with E-state index in [2.05, 4.69) is 30.1 Å². The first kappa shape index (κ1) is 18.0. The Kier molecular flexibility index (Phi) is 3.69. The van der Waals surface area contributed by atoms with E-state index < -0.39 is 5.91 Å². The van der Waals surface area contributed by atoms with Crippen LogP contribution in [0.1, 0.15) is 10.5 Å². The molecule has 10 nitrogen and oxygen atoms in total. The lowest BCUT2D eigenvalue weighted by Gasteiger charge is -2.09. The molecule has 6 aromatic rings. The zero-order valence-corrected chi connectivity index (χ0v) is 16.5. The Labute approximate surface area is 180 Å². The minimum Gasteiger partial charge on any atom is -0.396 e. The van der Waals surface area contributed by atoms with Crippen LogP contribution in [0.3, 0.4) is 0 Å². The predicted octanol–water partition coefficient (Wildman–Crippen LogP) is 2.56. The largest absolute Gasteiger partial charge is 0.396 e. The third kappa shape index (κ3) is 2.67. The van der Waals surface area contributed by atoms with E-state index in [1.807, 2.05) is 47.0 Å². The molecule has 0 aliphatic heterocycles. The van der Waals surface area contributed by atoms with Gasteiger partial charge in [0.15, 0.2) is 11.5 Å². The quantitative estimate of drug-likeness (QED) is 0.397. The van der Waals surface area contributed by atoms with Crippen molar-refractivity contribution in [3.8, 4) is 22.6 Å². The third-order valence-electron chi connectivity index (χ3n) is 5.36. The minimum atomic E-state index is -0.712. The minimum absolute atomic E-state index is 0.0361. The Morgan fingerprint density at radius 3 is 2.81 bits per heavy atom. The topological polar surface area (TPSA) is 154 Å². The van der Waals surface area contributed by atoms with Gasteiger partial charge in [0, 0.05) is 23.3 Å². The number of hydrogen-bond donors (Lipinski definition) is 3. The fraction of sp³-hybridized carbons (Fsp3) is 0. The molecule has 0 bridgehead atoms. The molecule has 6 rings (SSSR count). The molecule has 32 heavy (non-hydrogen) atoms. The molecule has 0 radical (unpaired) electrons. The van der Waals surface area contributed by atoms with Crippen LogP contribution in [0.5, 0.6) is 0 Å². The van der Waals surface area contributed by atoms with Crippen molar-refractivity contribution in [1.29, 1.82) is 0 Å². The molecule has 0 saturated carbocycles. The SMILES string of the molecule is NC(=O)c1nnc2c(-c3ccc4nc(-c5cn6cnccc6n5)[nH]c4c3)cccc2c1N. The molecule has 10 heteroatoms. The van der Waals surface area contributed by atoms with Crippen LogP contribution in [-0.4, -0.2) is 40.4 Å². The highest BCUT2D eigenvalue weighted by Gasteiger charge is 2.16. The average molecular weight is 421 g/mol. The molecule has 0 aliphatic carbocycles. The van der Waals surface area contributed by atoms with Crippen LogP contribution in [0.4, 0.5) is 5.69 Å². The highest BCUT2D eigenvalue weighted by atomic mass is 16.1. The summed E-state index contributed by atoms with van der Waals surface area (Å²) in [6, 6.07) is 13.3. The van der Waals surface area contributed by atoms with Crippen molar-refractivity contribution in [2.24, 2.45) is 5.73 Å². The van der Waals surface area contributed by atoms with Gasteiger partial charge in [-0.15, -0.1) is 10.2 Å². The highest BCUT2D eigenvalue weighted by Crippen LogP contribution is 2.32. The maximum absolute atomic E-state index is 11.6. The molecule has 0 aliphatic rings. The number of H-pyrrole nitrogens is 1. The van der Waals surface area contributed by atoms with Gasteiger partial charge in [-0.2, -0.15) is 0 Å². The summed E-state index contributed by atoms with van der Waals surface area (Å²) < 4.78 is 1.84. The van der Waals surface area contributed by atoms with E-state index in [1.165, 1.54) is 0 Å². The number of hydrogen-bond acceptors (Lipinski definition) is 7. The van der Waals surface area contributed by atoms with Crippen LogP contribution in [0.25, 0.3) is 50.2 Å². The second-order valence-corrected chi connectivity index (χ2v) is 7.32. The van der Waals surface area contributed by atoms with Crippen LogP contribution in [0, 0.1) is 0 Å². The maximum atomic E-state index is 11.6. The molecule has 1 amide bonds. The maximum Gasteiger partial charge on any atom is 0.271 e. The van der Waals surface area contributed by atoms with E-state index in [0.717, 1.165) is 33.5 Å². The fourth-order valence-corrected chi connectivity index (χ4v) is 3.82. The zero-order chi connectivity index (χ0) is 21.8. The molecule has 154 valence electrons. The lowest BCUT2D eigenvalue weighted by molar-refractivity contribution is 0.0996. The number of amides is 1. The standard InChI is InChI=1S/C22H15N9O/c23-18-13-3-1-2-12(19(13)29-30-20(18)21(24)32)11-4-5-14-15(8-11)28-22(27-14)16-9-31-10-25-7-6-17(31)26-16/h1-10H,(H2,23,29)(H2,24,32)(H,27,28). The Bertz CT molecular complexity index is 1650. The fourth-order valence-electron chi connectivity index (χ4n) is 3.82. The summed E-state index contributed by atoms with van der Waals surface area (Å²) in [5.74, 6) is -0.0506. The summed E-state index contributed by atoms with van der Waals surface area (Å²) in [5.41, 5.74) is 17.1. The van der Waals surface area contributed by atoms with Crippen molar-refractivity contribution in [1.82, 2.24) is 34.5 Å². The number of fused-ring (bicyclic) bond motifs is 3. The van der Waals surface area contributed by atoms with Crippen LogP contribution in [0.2, 0.25) is 0 Å². The number of primary amides is 1. The van der Waals surface area contributed by atoms with Gasteiger partial charge in [-0.1, -0.05) is 24.3 Å². The summed E-state index contributed by atoms with van der Waals surface area (Å²) in [4.78, 5) is 28.3. The Morgan fingerprint density at radius 1 is 1.06 bits per heavy atom. The third-order valence-corrected chi connectivity index (χ3v) is 5.36. The van der Waals surface area contributed by atoms with Gasteiger partial charge in [0.2, 0.25) is 0 Å². The lowest BCUT2D eigenvalue weighted by atomic mass is 10.0. The Balaban J connectivity index is 1.48. The number of carbonyl (C=O) groups is 1.